The van der Waals surface area contributed by atoms with E-state index in [4.69, 9.17) is 11.6 Å². The second-order valence-corrected chi connectivity index (χ2v) is 6.97. The molecule has 1 fully saturated rings. The summed E-state index contributed by atoms with van der Waals surface area (Å²) in [5.74, 6) is -0.153. The van der Waals surface area contributed by atoms with E-state index in [0.29, 0.717) is 29.6 Å². The minimum atomic E-state index is -1.33. The molecule has 1 aliphatic rings. The first-order valence-electron chi connectivity index (χ1n) is 8.58. The number of β-amino-alcohol motifs (C(OH)–C–C–N with tert-alkyl or cyclic N) is 1. The number of likely N-dealkylation sites (tertiary alicyclic amines) is 1. The predicted molar refractivity (Wildman–Crippen MR) is 95.3 cm³/mol. The number of nitrogens with one attached hydrogen (secondary N) is 1. The summed E-state index contributed by atoms with van der Waals surface area (Å²) >= 11 is 5.86. The molecule has 24 heavy (non-hydrogen) atoms. The van der Waals surface area contributed by atoms with Gasteiger partial charge in [0.05, 0.1) is 12.6 Å². The quantitative estimate of drug-likeness (QED) is 0.731. The number of rotatable bonds is 6. The van der Waals surface area contributed by atoms with Crippen LogP contribution in [0.2, 0.25) is 5.02 Å². The number of benzene rings is 1. The lowest BCUT2D eigenvalue weighted by molar-refractivity contribution is -0.112. The van der Waals surface area contributed by atoms with Crippen LogP contribution in [0.5, 0.6) is 0 Å². The molecule has 0 radical (unpaired) electrons. The van der Waals surface area contributed by atoms with Gasteiger partial charge in [0.1, 0.15) is 5.60 Å². The number of piperidine rings is 1. The Morgan fingerprint density at radius 1 is 1.38 bits per heavy atom. The maximum Gasteiger partial charge on any atom is 0.253 e. The highest BCUT2D eigenvalue weighted by Gasteiger charge is 2.42. The van der Waals surface area contributed by atoms with E-state index in [1.54, 1.807) is 29.2 Å². The van der Waals surface area contributed by atoms with Crippen LogP contribution in [0.4, 0.5) is 0 Å². The maximum atomic E-state index is 12.6. The highest BCUT2D eigenvalue weighted by molar-refractivity contribution is 6.30. The van der Waals surface area contributed by atoms with Crippen LogP contribution in [-0.4, -0.2) is 58.4 Å². The van der Waals surface area contributed by atoms with Gasteiger partial charge in [-0.05, 0) is 43.5 Å². The summed E-state index contributed by atoms with van der Waals surface area (Å²) in [5, 5.41) is 25.0. The molecule has 1 aromatic carbocycles. The van der Waals surface area contributed by atoms with Gasteiger partial charge in [-0.25, -0.2) is 0 Å². The summed E-state index contributed by atoms with van der Waals surface area (Å²) in [7, 11) is 0. The van der Waals surface area contributed by atoms with E-state index < -0.39 is 11.7 Å². The molecule has 1 aromatic rings. The molecule has 1 saturated heterocycles. The molecule has 0 spiro atoms. The molecule has 3 N–H and O–H groups in total. The van der Waals surface area contributed by atoms with Crippen LogP contribution in [0, 0.1) is 0 Å². The van der Waals surface area contributed by atoms with Crippen molar-refractivity contribution in [1.29, 1.82) is 0 Å². The van der Waals surface area contributed by atoms with Crippen molar-refractivity contribution in [3.05, 3.63) is 34.9 Å². The number of aliphatic hydroxyl groups is 2. The monoisotopic (exact) mass is 354 g/mol. The standard InChI is InChI=1S/C18H27ClN2O3/c1-3-15(4-2)20-11-18(24)12-21(10-9-16(18)22)17(23)13-5-7-14(19)8-6-13/h5-8,15-16,20,22,24H,3-4,9-12H2,1-2H3/t16-,18+/m0/s1. The zero-order valence-electron chi connectivity index (χ0n) is 14.3. The van der Waals surface area contributed by atoms with Gasteiger partial charge in [0.15, 0.2) is 0 Å². The Morgan fingerprint density at radius 2 is 2.00 bits per heavy atom. The average molecular weight is 355 g/mol. The van der Waals surface area contributed by atoms with E-state index in [-0.39, 0.29) is 19.0 Å². The van der Waals surface area contributed by atoms with Crippen molar-refractivity contribution in [2.75, 3.05) is 19.6 Å². The van der Waals surface area contributed by atoms with Crippen molar-refractivity contribution in [1.82, 2.24) is 10.2 Å². The lowest BCUT2D eigenvalue weighted by atomic mass is 9.88. The molecule has 0 bridgehead atoms. The molecule has 0 aliphatic carbocycles. The first kappa shape index (κ1) is 19.2. The zero-order valence-corrected chi connectivity index (χ0v) is 15.1. The fraction of sp³-hybridized carbons (Fsp3) is 0.611. The van der Waals surface area contributed by atoms with Gasteiger partial charge in [0.2, 0.25) is 0 Å². The van der Waals surface area contributed by atoms with Gasteiger partial charge < -0.3 is 20.4 Å². The van der Waals surface area contributed by atoms with Crippen LogP contribution in [0.25, 0.3) is 0 Å². The molecule has 0 aromatic heterocycles. The van der Waals surface area contributed by atoms with Crippen LogP contribution in [0.3, 0.4) is 0 Å². The van der Waals surface area contributed by atoms with Gasteiger partial charge in [0.25, 0.3) is 5.91 Å². The van der Waals surface area contributed by atoms with E-state index in [2.05, 4.69) is 19.2 Å². The van der Waals surface area contributed by atoms with Crippen molar-refractivity contribution in [3.8, 4) is 0 Å². The smallest absolute Gasteiger partial charge is 0.253 e. The molecule has 1 aliphatic heterocycles. The fourth-order valence-electron chi connectivity index (χ4n) is 3.08. The van der Waals surface area contributed by atoms with Gasteiger partial charge in [-0.3, -0.25) is 4.79 Å². The van der Waals surface area contributed by atoms with Crippen LogP contribution in [0.15, 0.2) is 24.3 Å². The second-order valence-electron chi connectivity index (χ2n) is 6.54. The lowest BCUT2D eigenvalue weighted by Crippen LogP contribution is -2.63. The summed E-state index contributed by atoms with van der Waals surface area (Å²) in [4.78, 5) is 14.2. The zero-order chi connectivity index (χ0) is 17.7. The van der Waals surface area contributed by atoms with Crippen molar-refractivity contribution >= 4 is 17.5 Å². The molecule has 0 saturated carbocycles. The van der Waals surface area contributed by atoms with Crippen molar-refractivity contribution in [3.63, 3.8) is 0 Å². The van der Waals surface area contributed by atoms with Crippen LogP contribution < -0.4 is 5.32 Å². The Hall–Kier alpha value is -1.14. The number of nitrogens with zero attached hydrogens (tertiary/aromatic N) is 1. The van der Waals surface area contributed by atoms with Gasteiger partial charge >= 0.3 is 0 Å². The highest BCUT2D eigenvalue weighted by atomic mass is 35.5. The third-order valence-electron chi connectivity index (χ3n) is 4.82. The molecule has 1 amide bonds. The summed E-state index contributed by atoms with van der Waals surface area (Å²) in [5.41, 5.74) is -0.797. The predicted octanol–water partition coefficient (Wildman–Crippen LogP) is 2.06. The third kappa shape index (κ3) is 4.48. The molecular weight excluding hydrogens is 328 g/mol. The second kappa shape index (κ2) is 8.30. The Morgan fingerprint density at radius 3 is 2.58 bits per heavy atom. The summed E-state index contributed by atoms with van der Waals surface area (Å²) < 4.78 is 0. The van der Waals surface area contributed by atoms with E-state index in [9.17, 15) is 15.0 Å². The number of amides is 1. The van der Waals surface area contributed by atoms with Crippen molar-refractivity contribution < 1.29 is 15.0 Å². The number of halogens is 1. The van der Waals surface area contributed by atoms with E-state index in [1.165, 1.54) is 0 Å². The van der Waals surface area contributed by atoms with E-state index in [0.717, 1.165) is 12.8 Å². The topological polar surface area (TPSA) is 72.8 Å². The van der Waals surface area contributed by atoms with Crippen LogP contribution in [0.1, 0.15) is 43.5 Å². The van der Waals surface area contributed by atoms with Crippen molar-refractivity contribution in [2.24, 2.45) is 0 Å². The molecule has 134 valence electrons. The molecule has 2 rings (SSSR count). The minimum absolute atomic E-state index is 0.114. The average Bonchev–Trinajstić information content (AvgIpc) is 2.58. The first-order valence-corrected chi connectivity index (χ1v) is 8.96. The highest BCUT2D eigenvalue weighted by Crippen LogP contribution is 2.23. The Balaban J connectivity index is 2.05. The molecule has 1 heterocycles. The van der Waals surface area contributed by atoms with Crippen molar-refractivity contribution in [2.45, 2.75) is 50.9 Å². The SMILES string of the molecule is CCC(CC)NC[C@@]1(O)CN(C(=O)c2ccc(Cl)cc2)CC[C@@H]1O. The molecule has 2 atom stereocenters. The Labute approximate surface area is 148 Å². The van der Waals surface area contributed by atoms with Gasteiger partial charge in [0, 0.05) is 29.7 Å². The normalized spacial score (nSPS) is 24.4. The number of carbonyl (C=O) groups excluding carboxylic acids is 1. The number of aliphatic hydroxyl groups excluding tert-OH is 1. The minimum Gasteiger partial charge on any atom is -0.390 e. The molecule has 0 unspecified atom stereocenters. The summed E-state index contributed by atoms with van der Waals surface area (Å²) in [6.07, 6.45) is 1.43. The maximum absolute atomic E-state index is 12.6. The fourth-order valence-corrected chi connectivity index (χ4v) is 3.21. The Bertz CT molecular complexity index is 548. The number of hydrogen-bond acceptors (Lipinski definition) is 4. The van der Waals surface area contributed by atoms with Gasteiger partial charge in [-0.15, -0.1) is 0 Å². The van der Waals surface area contributed by atoms with Gasteiger partial charge in [-0.1, -0.05) is 25.4 Å². The molecule has 5 nitrogen and oxygen atoms in total. The van der Waals surface area contributed by atoms with E-state index >= 15 is 0 Å². The number of carbonyl (C=O) groups is 1. The van der Waals surface area contributed by atoms with Crippen LogP contribution >= 0.6 is 11.6 Å². The number of hydrogen-bond donors (Lipinski definition) is 3. The van der Waals surface area contributed by atoms with Gasteiger partial charge in [-0.2, -0.15) is 0 Å². The third-order valence-corrected chi connectivity index (χ3v) is 5.07. The van der Waals surface area contributed by atoms with E-state index in [1.807, 2.05) is 0 Å². The molecular formula is C18H27ClN2O3. The lowest BCUT2D eigenvalue weighted by Gasteiger charge is -2.43. The Kier molecular flexibility index (Phi) is 6.63. The summed E-state index contributed by atoms with van der Waals surface area (Å²) in [6, 6.07) is 7.00. The molecule has 6 heteroatoms. The van der Waals surface area contributed by atoms with Crippen LogP contribution in [-0.2, 0) is 0 Å². The first-order chi connectivity index (χ1) is 11.4. The largest absolute Gasteiger partial charge is 0.390 e. The summed E-state index contributed by atoms with van der Waals surface area (Å²) in [6.45, 7) is 4.97.